The molecule has 216 valence electrons. The average molecular weight is 523 g/mol. The highest BCUT2D eigenvalue weighted by molar-refractivity contribution is 5.14. The van der Waals surface area contributed by atoms with Crippen LogP contribution in [0.3, 0.4) is 0 Å². The minimum absolute atomic E-state index is 1.22. The van der Waals surface area contributed by atoms with Crippen LogP contribution in [-0.2, 0) is 13.0 Å². The summed E-state index contributed by atoms with van der Waals surface area (Å²) in [5.74, 6) is 0. The highest BCUT2D eigenvalue weighted by Gasteiger charge is 2.26. The Morgan fingerprint density at radius 3 is 1.18 bits per heavy atom. The van der Waals surface area contributed by atoms with Gasteiger partial charge in [0.2, 0.25) is 0 Å². The largest absolute Gasteiger partial charge is 0.320 e. The second-order valence-electron chi connectivity index (χ2n) is 11.6. The Morgan fingerprint density at radius 1 is 0.395 bits per heavy atom. The molecule has 0 aliphatic heterocycles. The first-order valence-electron chi connectivity index (χ1n) is 16.6. The van der Waals surface area contributed by atoms with Gasteiger partial charge in [0, 0.05) is 5.56 Å². The summed E-state index contributed by atoms with van der Waals surface area (Å²) >= 11 is 0. The molecule has 0 heterocycles. The lowest BCUT2D eigenvalue weighted by molar-refractivity contribution is -0.941. The number of hydrogen-bond acceptors (Lipinski definition) is 0. The van der Waals surface area contributed by atoms with E-state index in [-0.39, 0.29) is 0 Å². The number of hydrogen-bond donors (Lipinski definition) is 0. The maximum Gasteiger partial charge on any atom is 0.104 e. The lowest BCUT2D eigenvalue weighted by Gasteiger charge is -2.39. The molecule has 0 aromatic heterocycles. The number of rotatable bonds is 22. The number of unbranched alkanes of at least 4 members (excludes halogenated alkanes) is 12. The quantitative estimate of drug-likeness (QED) is 0.106. The Morgan fingerprint density at radius 2 is 0.763 bits per heavy atom. The van der Waals surface area contributed by atoms with Gasteiger partial charge >= 0.3 is 0 Å². The molecule has 0 spiro atoms. The van der Waals surface area contributed by atoms with E-state index in [4.69, 9.17) is 0 Å². The molecule has 0 atom stereocenters. The summed E-state index contributed by atoms with van der Waals surface area (Å²) in [5, 5.41) is 0. The Balaban J connectivity index is 0.000000382. The Hall–Kier alpha value is -1.60. The van der Waals surface area contributed by atoms with E-state index in [0.717, 1.165) is 0 Å². The van der Waals surface area contributed by atoms with Crippen molar-refractivity contribution in [2.24, 2.45) is 0 Å². The van der Waals surface area contributed by atoms with Crippen molar-refractivity contribution in [2.45, 2.75) is 143 Å². The van der Waals surface area contributed by atoms with Gasteiger partial charge in [-0.3, -0.25) is 0 Å². The van der Waals surface area contributed by atoms with Gasteiger partial charge < -0.3 is 4.48 Å². The second-order valence-corrected chi connectivity index (χ2v) is 11.6. The van der Waals surface area contributed by atoms with Crippen LogP contribution in [0.4, 0.5) is 0 Å². The third-order valence-electron chi connectivity index (χ3n) is 7.98. The molecule has 2 aromatic rings. The molecule has 0 radical (unpaired) electrons. The lowest BCUT2D eigenvalue weighted by Crippen LogP contribution is -2.49. The predicted octanol–water partition coefficient (Wildman–Crippen LogP) is 11.6. The summed E-state index contributed by atoms with van der Waals surface area (Å²) in [5.41, 5.74) is 3.01. The van der Waals surface area contributed by atoms with Crippen molar-refractivity contribution in [1.82, 2.24) is 0 Å². The summed E-state index contributed by atoms with van der Waals surface area (Å²) in [6.07, 6.45) is 23.5. The predicted molar refractivity (Wildman–Crippen MR) is 172 cm³/mol. The van der Waals surface area contributed by atoms with Gasteiger partial charge in [0.1, 0.15) is 6.54 Å². The zero-order valence-corrected chi connectivity index (χ0v) is 26.1. The zero-order valence-electron chi connectivity index (χ0n) is 26.1. The molecular weight excluding hydrogens is 458 g/mol. The van der Waals surface area contributed by atoms with Crippen LogP contribution in [0.25, 0.3) is 0 Å². The smallest absolute Gasteiger partial charge is 0.104 e. The molecule has 0 aliphatic rings. The molecule has 0 bridgehead atoms. The fraction of sp³-hybridized carbons (Fsp3) is 0.676. The highest BCUT2D eigenvalue weighted by atomic mass is 15.3. The molecule has 1 nitrogen and oxygen atoms in total. The number of benzene rings is 2. The van der Waals surface area contributed by atoms with Crippen LogP contribution in [0.5, 0.6) is 0 Å². The first kappa shape index (κ1) is 34.4. The standard InChI is InChI=1S/C19H34N.C18H30/c1-4-7-15-20(16-8-5-2,17-9-6-3)18-19-13-11-10-12-14-19;1-2-3-4-5-6-7-8-9-10-12-15-18-16-13-11-14-17-18/h10-14H,4-9,15-18H2,1-3H3;11,13-14,16-17H,2-10,12,15H2,1H3/q+1;. The van der Waals surface area contributed by atoms with Crippen LogP contribution in [0.2, 0.25) is 0 Å². The number of quaternary nitrogens is 1. The maximum absolute atomic E-state index is 2.32. The van der Waals surface area contributed by atoms with Gasteiger partial charge in [0.25, 0.3) is 0 Å². The van der Waals surface area contributed by atoms with Gasteiger partial charge in [-0.25, -0.2) is 0 Å². The molecular formula is C37H64N+. The minimum Gasteiger partial charge on any atom is -0.320 e. The van der Waals surface area contributed by atoms with Crippen LogP contribution >= 0.6 is 0 Å². The van der Waals surface area contributed by atoms with Crippen LogP contribution < -0.4 is 0 Å². The topological polar surface area (TPSA) is 0 Å². The van der Waals surface area contributed by atoms with Crippen molar-refractivity contribution >= 4 is 0 Å². The summed E-state index contributed by atoms with van der Waals surface area (Å²) < 4.78 is 1.31. The fourth-order valence-corrected chi connectivity index (χ4v) is 5.49. The van der Waals surface area contributed by atoms with Crippen molar-refractivity contribution in [3.63, 3.8) is 0 Å². The summed E-state index contributed by atoms with van der Waals surface area (Å²) in [6.45, 7) is 14.5. The lowest BCUT2D eigenvalue weighted by atomic mass is 10.0. The van der Waals surface area contributed by atoms with E-state index in [1.165, 1.54) is 151 Å². The van der Waals surface area contributed by atoms with Crippen molar-refractivity contribution in [1.29, 1.82) is 0 Å². The van der Waals surface area contributed by atoms with Gasteiger partial charge in [0.15, 0.2) is 0 Å². The van der Waals surface area contributed by atoms with Crippen molar-refractivity contribution in [3.05, 3.63) is 71.8 Å². The molecule has 2 rings (SSSR count). The molecule has 0 saturated carbocycles. The highest BCUT2D eigenvalue weighted by Crippen LogP contribution is 2.20. The Kier molecular flexibility index (Phi) is 22.1. The van der Waals surface area contributed by atoms with Crippen LogP contribution in [-0.4, -0.2) is 24.1 Å². The van der Waals surface area contributed by atoms with Crippen molar-refractivity contribution in [3.8, 4) is 0 Å². The maximum atomic E-state index is 2.32. The third-order valence-corrected chi connectivity index (χ3v) is 7.98. The van der Waals surface area contributed by atoms with Gasteiger partial charge in [-0.2, -0.15) is 0 Å². The summed E-state index contributed by atoms with van der Waals surface area (Å²) in [6, 6.07) is 22.0. The SMILES string of the molecule is CCCCCCCCCCCCc1ccccc1.CCCC[N+](CCCC)(CCCC)Cc1ccccc1. The monoisotopic (exact) mass is 523 g/mol. The van der Waals surface area contributed by atoms with Gasteiger partial charge in [0.05, 0.1) is 19.6 Å². The van der Waals surface area contributed by atoms with Crippen molar-refractivity contribution < 1.29 is 4.48 Å². The minimum atomic E-state index is 1.22. The first-order valence-corrected chi connectivity index (χ1v) is 16.6. The van der Waals surface area contributed by atoms with E-state index in [9.17, 15) is 0 Å². The molecule has 0 amide bonds. The van der Waals surface area contributed by atoms with Crippen molar-refractivity contribution in [2.75, 3.05) is 19.6 Å². The van der Waals surface area contributed by atoms with Crippen LogP contribution in [0.1, 0.15) is 142 Å². The van der Waals surface area contributed by atoms with E-state index in [2.05, 4.69) is 88.4 Å². The zero-order chi connectivity index (χ0) is 27.6. The summed E-state index contributed by atoms with van der Waals surface area (Å²) in [4.78, 5) is 0. The number of aryl methyl sites for hydroxylation is 1. The first-order chi connectivity index (χ1) is 18.7. The van der Waals surface area contributed by atoms with E-state index < -0.39 is 0 Å². The normalized spacial score (nSPS) is 11.3. The van der Waals surface area contributed by atoms with E-state index >= 15 is 0 Å². The van der Waals surface area contributed by atoms with E-state index in [1.54, 1.807) is 0 Å². The van der Waals surface area contributed by atoms with Gasteiger partial charge in [-0.1, -0.05) is 165 Å². The molecule has 2 aromatic carbocycles. The van der Waals surface area contributed by atoms with Gasteiger partial charge in [-0.15, -0.1) is 0 Å². The number of nitrogens with zero attached hydrogens (tertiary/aromatic N) is 1. The molecule has 0 aliphatic carbocycles. The van der Waals surface area contributed by atoms with Gasteiger partial charge in [-0.05, 0) is 37.7 Å². The second kappa shape index (κ2) is 24.4. The van der Waals surface area contributed by atoms with Crippen LogP contribution in [0, 0.1) is 0 Å². The molecule has 0 unspecified atom stereocenters. The van der Waals surface area contributed by atoms with E-state index in [1.807, 2.05) is 0 Å². The molecule has 1 heteroatoms. The molecule has 38 heavy (non-hydrogen) atoms. The fourth-order valence-electron chi connectivity index (χ4n) is 5.49. The molecule has 0 fully saturated rings. The van der Waals surface area contributed by atoms with E-state index in [0.29, 0.717) is 0 Å². The Labute approximate surface area is 239 Å². The third kappa shape index (κ3) is 17.8. The molecule has 0 saturated heterocycles. The Bertz CT molecular complexity index is 701. The molecule has 0 N–H and O–H groups in total. The summed E-state index contributed by atoms with van der Waals surface area (Å²) in [7, 11) is 0. The van der Waals surface area contributed by atoms with Crippen LogP contribution in [0.15, 0.2) is 60.7 Å². The average Bonchev–Trinajstić information content (AvgIpc) is 2.96.